The van der Waals surface area contributed by atoms with Gasteiger partial charge < -0.3 is 15.4 Å². The minimum Gasteiger partial charge on any atom is -0.768 e. The Morgan fingerprint density at radius 2 is 2.00 bits per heavy atom. The Morgan fingerprint density at radius 1 is 1.31 bits per heavy atom. The van der Waals surface area contributed by atoms with Crippen LogP contribution in [0.2, 0.25) is 0 Å². The van der Waals surface area contributed by atoms with Crippen molar-refractivity contribution in [2.75, 3.05) is 10.9 Å². The van der Waals surface area contributed by atoms with Crippen molar-refractivity contribution in [1.29, 1.82) is 0 Å². The second-order valence-corrected chi connectivity index (χ2v) is 3.14. The predicted molar refractivity (Wildman–Crippen MR) is 49.2 cm³/mol. The number of nitrogens with two attached hydrogens (primary N) is 2. The third-order valence-electron chi connectivity index (χ3n) is 1.48. The minimum absolute atomic E-state index is 0.0675. The van der Waals surface area contributed by atoms with Crippen molar-refractivity contribution in [2.24, 2.45) is 11.7 Å². The molecular formula is C6H9N4O2S-. The average Bonchev–Trinajstić information content (AvgIpc) is 2.16. The van der Waals surface area contributed by atoms with E-state index in [9.17, 15) is 8.76 Å². The van der Waals surface area contributed by atoms with E-state index in [4.69, 9.17) is 11.7 Å². The first kappa shape index (κ1) is 9.93. The second kappa shape index (κ2) is 4.19. The highest BCUT2D eigenvalue weighted by atomic mass is 32.2. The highest BCUT2D eigenvalue weighted by molar-refractivity contribution is 7.79. The van der Waals surface area contributed by atoms with Gasteiger partial charge in [0.05, 0.1) is 10.6 Å². The van der Waals surface area contributed by atoms with Gasteiger partial charge in [-0.1, -0.05) is 0 Å². The molecule has 1 atom stereocenters. The van der Waals surface area contributed by atoms with Crippen LogP contribution in [0, 0.1) is 0 Å². The summed E-state index contributed by atoms with van der Waals surface area (Å²) in [6.07, 6.45) is 0. The van der Waals surface area contributed by atoms with Crippen LogP contribution in [0.15, 0.2) is 23.1 Å². The van der Waals surface area contributed by atoms with Crippen LogP contribution in [-0.2, 0) is 11.1 Å². The number of rotatable bonds is 3. The van der Waals surface area contributed by atoms with Gasteiger partial charge in [-0.3, -0.25) is 15.9 Å². The zero-order valence-corrected chi connectivity index (χ0v) is 7.43. The Kier molecular flexibility index (Phi) is 3.20. The first-order valence-corrected chi connectivity index (χ1v) is 4.43. The van der Waals surface area contributed by atoms with E-state index in [1.54, 1.807) is 6.07 Å². The summed E-state index contributed by atoms with van der Waals surface area (Å²) in [6, 6.07) is 4.49. The van der Waals surface area contributed by atoms with Crippen molar-refractivity contribution in [3.63, 3.8) is 0 Å². The van der Waals surface area contributed by atoms with Crippen LogP contribution in [0.25, 0.3) is 0 Å². The maximum absolute atomic E-state index is 10.7. The molecule has 72 valence electrons. The van der Waals surface area contributed by atoms with E-state index in [1.165, 1.54) is 12.1 Å². The molecular weight excluding hydrogens is 192 g/mol. The quantitative estimate of drug-likeness (QED) is 0.297. The minimum atomic E-state index is -2.34. The summed E-state index contributed by atoms with van der Waals surface area (Å²) in [5.41, 5.74) is 5.42. The SMILES string of the molecule is NNc1ccc(NN)c(S(=O)[O-])c1. The fourth-order valence-electron chi connectivity index (χ4n) is 0.869. The molecule has 0 aromatic heterocycles. The van der Waals surface area contributed by atoms with E-state index in [0.29, 0.717) is 11.4 Å². The van der Waals surface area contributed by atoms with Gasteiger partial charge in [-0.05, 0) is 29.3 Å². The number of hydrogen-bond acceptors (Lipinski definition) is 6. The summed E-state index contributed by atoms with van der Waals surface area (Å²) < 4.78 is 21.4. The summed E-state index contributed by atoms with van der Waals surface area (Å²) in [7, 11) is 0. The van der Waals surface area contributed by atoms with Gasteiger partial charge in [0.15, 0.2) is 0 Å². The van der Waals surface area contributed by atoms with Gasteiger partial charge in [0, 0.05) is 5.69 Å². The highest BCUT2D eigenvalue weighted by Crippen LogP contribution is 2.21. The van der Waals surface area contributed by atoms with Crippen LogP contribution in [0.5, 0.6) is 0 Å². The largest absolute Gasteiger partial charge is 0.768 e. The Morgan fingerprint density at radius 3 is 2.46 bits per heavy atom. The van der Waals surface area contributed by atoms with Crippen LogP contribution in [0.4, 0.5) is 11.4 Å². The van der Waals surface area contributed by atoms with E-state index in [-0.39, 0.29) is 4.90 Å². The monoisotopic (exact) mass is 201 g/mol. The molecule has 0 aliphatic heterocycles. The first-order valence-electron chi connectivity index (χ1n) is 3.35. The average molecular weight is 201 g/mol. The zero-order chi connectivity index (χ0) is 9.84. The lowest BCUT2D eigenvalue weighted by atomic mass is 10.3. The summed E-state index contributed by atoms with van der Waals surface area (Å²) in [5, 5.41) is 0. The molecule has 0 spiro atoms. The van der Waals surface area contributed by atoms with E-state index < -0.39 is 11.1 Å². The molecule has 0 fully saturated rings. The summed E-state index contributed by atoms with van der Waals surface area (Å²) in [6.45, 7) is 0. The number of benzene rings is 1. The van der Waals surface area contributed by atoms with Crippen molar-refractivity contribution < 1.29 is 8.76 Å². The van der Waals surface area contributed by atoms with Crippen LogP contribution in [-0.4, -0.2) is 8.76 Å². The Bertz CT molecular complexity index is 330. The van der Waals surface area contributed by atoms with Gasteiger partial charge in [0.1, 0.15) is 0 Å². The summed E-state index contributed by atoms with van der Waals surface area (Å²) in [5.74, 6) is 10.2. The summed E-state index contributed by atoms with van der Waals surface area (Å²) in [4.78, 5) is 0.0675. The topological polar surface area (TPSA) is 116 Å². The van der Waals surface area contributed by atoms with Crippen molar-refractivity contribution in [2.45, 2.75) is 4.90 Å². The third-order valence-corrected chi connectivity index (χ3v) is 2.18. The molecule has 0 heterocycles. The molecule has 0 amide bonds. The molecule has 0 radical (unpaired) electrons. The second-order valence-electron chi connectivity index (χ2n) is 2.23. The normalized spacial score (nSPS) is 12.2. The fourth-order valence-corrected chi connectivity index (χ4v) is 1.40. The van der Waals surface area contributed by atoms with Gasteiger partial charge in [-0.25, -0.2) is 0 Å². The van der Waals surface area contributed by atoms with Crippen LogP contribution in [0.3, 0.4) is 0 Å². The molecule has 13 heavy (non-hydrogen) atoms. The molecule has 0 saturated heterocycles. The van der Waals surface area contributed by atoms with Gasteiger partial charge in [0.2, 0.25) is 0 Å². The number of nitrogens with one attached hydrogen (secondary N) is 2. The zero-order valence-electron chi connectivity index (χ0n) is 6.61. The smallest absolute Gasteiger partial charge is 0.0636 e. The van der Waals surface area contributed by atoms with Crippen molar-refractivity contribution >= 4 is 22.5 Å². The third kappa shape index (κ3) is 2.16. The standard InChI is InChI=1S/C6H10N4O2S/c7-9-4-1-2-5(10-8)6(3-4)13(11)12/h1-3,9-10H,7-8H2,(H,11,12)/p-1. The molecule has 0 saturated carbocycles. The lowest BCUT2D eigenvalue weighted by molar-refractivity contribution is 0.537. The van der Waals surface area contributed by atoms with E-state index >= 15 is 0 Å². The Labute approximate surface area is 77.5 Å². The molecule has 7 heteroatoms. The van der Waals surface area contributed by atoms with Gasteiger partial charge in [0.25, 0.3) is 0 Å². The molecule has 1 unspecified atom stereocenters. The fraction of sp³-hybridized carbons (Fsp3) is 0. The number of nitrogen functional groups attached to an aromatic ring is 2. The van der Waals surface area contributed by atoms with Crippen LogP contribution < -0.4 is 22.5 Å². The molecule has 0 aliphatic carbocycles. The van der Waals surface area contributed by atoms with E-state index in [1.807, 2.05) is 0 Å². The van der Waals surface area contributed by atoms with Crippen molar-refractivity contribution in [1.82, 2.24) is 0 Å². The highest BCUT2D eigenvalue weighted by Gasteiger charge is 2.02. The van der Waals surface area contributed by atoms with E-state index in [2.05, 4.69) is 10.9 Å². The van der Waals surface area contributed by atoms with E-state index in [0.717, 1.165) is 0 Å². The van der Waals surface area contributed by atoms with Crippen molar-refractivity contribution in [3.8, 4) is 0 Å². The van der Waals surface area contributed by atoms with Gasteiger partial charge in [-0.2, -0.15) is 0 Å². The first-order chi connectivity index (χ1) is 6.19. The molecule has 0 aliphatic rings. The van der Waals surface area contributed by atoms with Gasteiger partial charge >= 0.3 is 0 Å². The molecule has 0 bridgehead atoms. The molecule has 6 nitrogen and oxygen atoms in total. The Hall–Kier alpha value is -1.15. The lowest BCUT2D eigenvalue weighted by Gasteiger charge is -2.12. The maximum Gasteiger partial charge on any atom is 0.0636 e. The van der Waals surface area contributed by atoms with Crippen molar-refractivity contribution in [3.05, 3.63) is 18.2 Å². The van der Waals surface area contributed by atoms with Crippen LogP contribution >= 0.6 is 0 Å². The summed E-state index contributed by atoms with van der Waals surface area (Å²) >= 11 is -2.34. The van der Waals surface area contributed by atoms with Crippen LogP contribution in [0.1, 0.15) is 0 Å². The predicted octanol–water partition coefficient (Wildman–Crippen LogP) is -0.504. The molecule has 6 N–H and O–H groups in total. The molecule has 1 aromatic carbocycles. The Balaban J connectivity index is 3.18. The number of hydrogen-bond donors (Lipinski definition) is 4. The maximum atomic E-state index is 10.7. The number of hydrazine groups is 2. The number of anilines is 2. The molecule has 1 aromatic rings. The van der Waals surface area contributed by atoms with Gasteiger partial charge in [-0.15, -0.1) is 0 Å². The molecule has 1 rings (SSSR count). The lowest BCUT2D eigenvalue weighted by Crippen LogP contribution is -2.12.